The second-order valence-corrected chi connectivity index (χ2v) is 6.63. The average Bonchev–Trinajstić information content (AvgIpc) is 3.03. The third-order valence-electron chi connectivity index (χ3n) is 4.55. The summed E-state index contributed by atoms with van der Waals surface area (Å²) in [6.45, 7) is 3.70. The summed E-state index contributed by atoms with van der Waals surface area (Å²) in [5.74, 6) is 0.759. The first-order chi connectivity index (χ1) is 12.3. The third kappa shape index (κ3) is 4.66. The SMILES string of the molecule is Cc1ccc(C(=O)NC2CCN(Cc3cccc(C(F)(F)F)c3)CC2)o1. The van der Waals surface area contributed by atoms with E-state index in [0.717, 1.165) is 32.0 Å². The summed E-state index contributed by atoms with van der Waals surface area (Å²) in [5.41, 5.74) is 0.0271. The van der Waals surface area contributed by atoms with Gasteiger partial charge in [0.1, 0.15) is 5.76 Å². The molecular formula is C19H21F3N2O2. The molecule has 2 heterocycles. The number of carbonyl (C=O) groups excluding carboxylic acids is 1. The van der Waals surface area contributed by atoms with Crippen molar-refractivity contribution < 1.29 is 22.4 Å². The summed E-state index contributed by atoms with van der Waals surface area (Å²) in [4.78, 5) is 14.2. The second kappa shape index (κ2) is 7.53. The van der Waals surface area contributed by atoms with E-state index in [1.54, 1.807) is 25.1 Å². The Morgan fingerprint density at radius 2 is 1.96 bits per heavy atom. The maximum Gasteiger partial charge on any atom is 0.416 e. The molecule has 0 saturated carbocycles. The van der Waals surface area contributed by atoms with Crippen molar-refractivity contribution in [2.75, 3.05) is 13.1 Å². The number of benzene rings is 1. The van der Waals surface area contributed by atoms with E-state index in [4.69, 9.17) is 4.42 Å². The molecule has 1 aliphatic heterocycles. The van der Waals surface area contributed by atoms with E-state index in [9.17, 15) is 18.0 Å². The van der Waals surface area contributed by atoms with Crippen molar-refractivity contribution in [2.24, 2.45) is 0 Å². The summed E-state index contributed by atoms with van der Waals surface area (Å²) >= 11 is 0. The van der Waals surface area contributed by atoms with Gasteiger partial charge in [0, 0.05) is 25.7 Å². The van der Waals surface area contributed by atoms with E-state index in [1.165, 1.54) is 12.1 Å². The summed E-state index contributed by atoms with van der Waals surface area (Å²) in [7, 11) is 0. The fourth-order valence-corrected chi connectivity index (χ4v) is 3.15. The molecule has 1 N–H and O–H groups in total. The van der Waals surface area contributed by atoms with Gasteiger partial charge in [-0.15, -0.1) is 0 Å². The smallest absolute Gasteiger partial charge is 0.416 e. The molecule has 0 radical (unpaired) electrons. The molecule has 4 nitrogen and oxygen atoms in total. The van der Waals surface area contributed by atoms with Crippen molar-refractivity contribution in [2.45, 2.75) is 38.5 Å². The molecule has 1 saturated heterocycles. The number of hydrogen-bond acceptors (Lipinski definition) is 3. The van der Waals surface area contributed by atoms with Crippen LogP contribution in [0.5, 0.6) is 0 Å². The monoisotopic (exact) mass is 366 g/mol. The molecule has 0 atom stereocenters. The molecule has 1 aliphatic rings. The quantitative estimate of drug-likeness (QED) is 0.890. The highest BCUT2D eigenvalue weighted by Crippen LogP contribution is 2.30. The number of amides is 1. The van der Waals surface area contributed by atoms with E-state index < -0.39 is 11.7 Å². The van der Waals surface area contributed by atoms with E-state index in [-0.39, 0.29) is 11.9 Å². The van der Waals surface area contributed by atoms with Gasteiger partial charge in [0.15, 0.2) is 5.76 Å². The molecule has 0 spiro atoms. The van der Waals surface area contributed by atoms with Gasteiger partial charge < -0.3 is 9.73 Å². The fourth-order valence-electron chi connectivity index (χ4n) is 3.15. The molecule has 2 aromatic rings. The molecule has 140 valence electrons. The van der Waals surface area contributed by atoms with Crippen LogP contribution in [0.2, 0.25) is 0 Å². The van der Waals surface area contributed by atoms with Crippen LogP contribution in [-0.4, -0.2) is 29.9 Å². The van der Waals surface area contributed by atoms with Crippen LogP contribution >= 0.6 is 0 Å². The normalized spacial score (nSPS) is 16.6. The molecule has 0 unspecified atom stereocenters. The minimum atomic E-state index is -4.32. The van der Waals surface area contributed by atoms with Crippen molar-refractivity contribution in [1.82, 2.24) is 10.2 Å². The maximum absolute atomic E-state index is 12.8. The van der Waals surface area contributed by atoms with Gasteiger partial charge in [0.2, 0.25) is 0 Å². The van der Waals surface area contributed by atoms with Crippen molar-refractivity contribution in [3.8, 4) is 0 Å². The Bertz CT molecular complexity index is 762. The second-order valence-electron chi connectivity index (χ2n) is 6.63. The van der Waals surface area contributed by atoms with Crippen LogP contribution in [0.15, 0.2) is 40.8 Å². The Hall–Kier alpha value is -2.28. The number of hydrogen-bond donors (Lipinski definition) is 1. The lowest BCUT2D eigenvalue weighted by atomic mass is 10.0. The van der Waals surface area contributed by atoms with Crippen molar-refractivity contribution in [3.63, 3.8) is 0 Å². The number of halogens is 3. The van der Waals surface area contributed by atoms with Gasteiger partial charge in [-0.3, -0.25) is 9.69 Å². The van der Waals surface area contributed by atoms with Crippen LogP contribution in [0.25, 0.3) is 0 Å². The molecule has 3 rings (SSSR count). The topological polar surface area (TPSA) is 45.5 Å². The Kier molecular flexibility index (Phi) is 5.36. The van der Waals surface area contributed by atoms with Gasteiger partial charge in [0.05, 0.1) is 5.56 Å². The first kappa shape index (κ1) is 18.5. The zero-order valence-corrected chi connectivity index (χ0v) is 14.5. The van der Waals surface area contributed by atoms with Crippen molar-refractivity contribution in [1.29, 1.82) is 0 Å². The van der Waals surface area contributed by atoms with Crippen LogP contribution in [-0.2, 0) is 12.7 Å². The van der Waals surface area contributed by atoms with E-state index in [1.807, 2.05) is 0 Å². The molecule has 1 aromatic heterocycles. The van der Waals surface area contributed by atoms with Crippen LogP contribution in [0.3, 0.4) is 0 Å². The summed E-state index contributed by atoms with van der Waals surface area (Å²) in [6, 6.07) is 8.87. The molecule has 7 heteroatoms. The number of nitrogens with one attached hydrogen (secondary N) is 1. The Morgan fingerprint density at radius 3 is 2.58 bits per heavy atom. The lowest BCUT2D eigenvalue weighted by molar-refractivity contribution is -0.137. The predicted octanol–water partition coefficient (Wildman–Crippen LogP) is 4.00. The summed E-state index contributed by atoms with van der Waals surface area (Å²) < 4.78 is 43.7. The van der Waals surface area contributed by atoms with Crippen molar-refractivity contribution in [3.05, 3.63) is 59.0 Å². The number of carbonyl (C=O) groups is 1. The standard InChI is InChI=1S/C19H21F3N2O2/c1-13-5-6-17(26-13)18(25)23-16-7-9-24(10-8-16)12-14-3-2-4-15(11-14)19(20,21)22/h2-6,11,16H,7-10,12H2,1H3,(H,23,25). The van der Waals surface area contributed by atoms with Crippen LogP contribution in [0.1, 0.15) is 40.3 Å². The predicted molar refractivity (Wildman–Crippen MR) is 90.7 cm³/mol. The lowest BCUT2D eigenvalue weighted by Gasteiger charge is -2.32. The van der Waals surface area contributed by atoms with Crippen LogP contribution in [0.4, 0.5) is 13.2 Å². The van der Waals surface area contributed by atoms with E-state index in [2.05, 4.69) is 10.2 Å². The first-order valence-electron chi connectivity index (χ1n) is 8.57. The van der Waals surface area contributed by atoms with Crippen molar-refractivity contribution >= 4 is 5.91 Å². The number of piperidine rings is 1. The molecule has 1 aromatic carbocycles. The number of alkyl halides is 3. The molecule has 1 fully saturated rings. The molecule has 0 aliphatic carbocycles. The zero-order valence-electron chi connectivity index (χ0n) is 14.5. The molecule has 0 bridgehead atoms. The number of likely N-dealkylation sites (tertiary alicyclic amines) is 1. The Labute approximate surface area is 150 Å². The van der Waals surface area contributed by atoms with Crippen LogP contribution in [0, 0.1) is 6.92 Å². The van der Waals surface area contributed by atoms with Crippen LogP contribution < -0.4 is 5.32 Å². The zero-order chi connectivity index (χ0) is 18.7. The van der Waals surface area contributed by atoms with Gasteiger partial charge in [-0.05, 0) is 43.5 Å². The average molecular weight is 366 g/mol. The number of nitrogens with zero attached hydrogens (tertiary/aromatic N) is 1. The van der Waals surface area contributed by atoms with E-state index >= 15 is 0 Å². The molecule has 26 heavy (non-hydrogen) atoms. The first-order valence-corrected chi connectivity index (χ1v) is 8.57. The maximum atomic E-state index is 12.8. The Morgan fingerprint density at radius 1 is 1.23 bits per heavy atom. The minimum absolute atomic E-state index is 0.0469. The van der Waals surface area contributed by atoms with Gasteiger partial charge in [-0.2, -0.15) is 13.2 Å². The van der Waals surface area contributed by atoms with Gasteiger partial charge in [-0.25, -0.2) is 0 Å². The summed E-state index contributed by atoms with van der Waals surface area (Å²) in [6.07, 6.45) is -2.81. The Balaban J connectivity index is 1.50. The number of furan rings is 1. The fraction of sp³-hybridized carbons (Fsp3) is 0.421. The summed E-state index contributed by atoms with van der Waals surface area (Å²) in [5, 5.41) is 2.95. The molecule has 1 amide bonds. The van der Waals surface area contributed by atoms with Gasteiger partial charge >= 0.3 is 6.18 Å². The highest BCUT2D eigenvalue weighted by Gasteiger charge is 2.30. The lowest BCUT2D eigenvalue weighted by Crippen LogP contribution is -2.44. The highest BCUT2D eigenvalue weighted by molar-refractivity contribution is 5.91. The van der Waals surface area contributed by atoms with Gasteiger partial charge in [-0.1, -0.05) is 18.2 Å². The minimum Gasteiger partial charge on any atom is -0.456 e. The van der Waals surface area contributed by atoms with E-state index in [0.29, 0.717) is 23.6 Å². The molecular weight excluding hydrogens is 345 g/mol. The largest absolute Gasteiger partial charge is 0.456 e. The third-order valence-corrected chi connectivity index (χ3v) is 4.55. The van der Waals surface area contributed by atoms with Gasteiger partial charge in [0.25, 0.3) is 5.91 Å². The number of rotatable bonds is 4. The highest BCUT2D eigenvalue weighted by atomic mass is 19.4. The number of aryl methyl sites for hydroxylation is 1.